The summed E-state index contributed by atoms with van der Waals surface area (Å²) < 4.78 is 48.0. The number of piperidine rings is 1. The Kier molecular flexibility index (Phi) is 8.51. The zero-order valence-electron chi connectivity index (χ0n) is 22.0. The number of anilines is 1. The molecule has 0 radical (unpaired) electrons. The number of likely N-dealkylation sites (tertiary alicyclic amines) is 1. The molecule has 0 bridgehead atoms. The maximum Gasteiger partial charge on any atom is 0.407 e. The van der Waals surface area contributed by atoms with E-state index in [0.717, 1.165) is 24.0 Å². The Morgan fingerprint density at radius 1 is 1.24 bits per heavy atom. The topological polar surface area (TPSA) is 115 Å². The SMILES string of the molecule is COC(Oc1cc(OC(F)F)ccc1-c1nnc(N[C@@H]2CCCN(C(=O)O)C2)c2c1CCOC2)C(C)(C)C. The zero-order valence-corrected chi connectivity index (χ0v) is 22.0. The van der Waals surface area contributed by atoms with Gasteiger partial charge in [0.15, 0.2) is 5.82 Å². The number of amides is 1. The third-order valence-corrected chi connectivity index (χ3v) is 6.55. The van der Waals surface area contributed by atoms with E-state index in [-0.39, 0.29) is 17.5 Å². The smallest absolute Gasteiger partial charge is 0.407 e. The van der Waals surface area contributed by atoms with Crippen molar-refractivity contribution in [2.75, 3.05) is 32.1 Å². The highest BCUT2D eigenvalue weighted by Crippen LogP contribution is 2.40. The molecule has 2 aliphatic rings. The first kappa shape index (κ1) is 27.8. The van der Waals surface area contributed by atoms with Gasteiger partial charge >= 0.3 is 12.7 Å². The fraction of sp³-hybridized carbons (Fsp3) is 0.577. The number of carbonyl (C=O) groups is 1. The summed E-state index contributed by atoms with van der Waals surface area (Å²) >= 11 is 0. The highest BCUT2D eigenvalue weighted by Gasteiger charge is 2.30. The number of carboxylic acid groups (broad SMARTS) is 1. The van der Waals surface area contributed by atoms with Crippen LogP contribution >= 0.6 is 0 Å². The molecule has 1 aromatic carbocycles. The minimum atomic E-state index is -2.98. The van der Waals surface area contributed by atoms with E-state index in [1.807, 2.05) is 20.8 Å². The Morgan fingerprint density at radius 3 is 2.71 bits per heavy atom. The number of methoxy groups -OCH3 is 1. The molecule has 10 nitrogen and oxygen atoms in total. The van der Waals surface area contributed by atoms with Crippen LogP contribution in [0.4, 0.5) is 19.4 Å². The van der Waals surface area contributed by atoms with E-state index in [9.17, 15) is 18.7 Å². The van der Waals surface area contributed by atoms with Crippen LogP contribution in [-0.4, -0.2) is 72.0 Å². The summed E-state index contributed by atoms with van der Waals surface area (Å²) in [4.78, 5) is 12.8. The summed E-state index contributed by atoms with van der Waals surface area (Å²) in [5.74, 6) is 0.773. The van der Waals surface area contributed by atoms with Gasteiger partial charge in [-0.3, -0.25) is 0 Å². The fourth-order valence-corrected chi connectivity index (χ4v) is 4.74. The number of fused-ring (bicyclic) bond motifs is 1. The van der Waals surface area contributed by atoms with Crippen LogP contribution in [0.1, 0.15) is 44.7 Å². The summed E-state index contributed by atoms with van der Waals surface area (Å²) in [6.45, 7) is 4.48. The van der Waals surface area contributed by atoms with E-state index in [0.29, 0.717) is 49.8 Å². The Hall–Kier alpha value is -3.25. The molecule has 38 heavy (non-hydrogen) atoms. The average Bonchev–Trinajstić information content (AvgIpc) is 2.87. The minimum absolute atomic E-state index is 0.0498. The number of ether oxygens (including phenoxy) is 4. The largest absolute Gasteiger partial charge is 0.465 e. The minimum Gasteiger partial charge on any atom is -0.465 e. The summed E-state index contributed by atoms with van der Waals surface area (Å²) in [6, 6.07) is 4.36. The van der Waals surface area contributed by atoms with Gasteiger partial charge in [-0.05, 0) is 37.0 Å². The predicted octanol–water partition coefficient (Wildman–Crippen LogP) is 4.77. The molecule has 1 saturated heterocycles. The summed E-state index contributed by atoms with van der Waals surface area (Å²) in [6.07, 6.45) is 0.482. The van der Waals surface area contributed by atoms with Gasteiger partial charge in [-0.25, -0.2) is 4.79 Å². The molecule has 4 rings (SSSR count). The summed E-state index contributed by atoms with van der Waals surface area (Å²) in [7, 11) is 1.52. The Bertz CT molecular complexity index is 1140. The molecule has 2 atom stereocenters. The number of hydrogen-bond acceptors (Lipinski definition) is 8. The third-order valence-electron chi connectivity index (χ3n) is 6.55. The second-order valence-electron chi connectivity index (χ2n) is 10.5. The van der Waals surface area contributed by atoms with Gasteiger partial charge in [0, 0.05) is 48.8 Å². The lowest BCUT2D eigenvalue weighted by atomic mass is 9.95. The zero-order chi connectivity index (χ0) is 27.4. The maximum absolute atomic E-state index is 13.0. The van der Waals surface area contributed by atoms with Crippen molar-refractivity contribution in [1.29, 1.82) is 0 Å². The lowest BCUT2D eigenvalue weighted by Gasteiger charge is -2.32. The van der Waals surface area contributed by atoms with E-state index in [2.05, 4.69) is 20.3 Å². The van der Waals surface area contributed by atoms with Crippen molar-refractivity contribution in [3.8, 4) is 22.8 Å². The van der Waals surface area contributed by atoms with E-state index in [1.54, 1.807) is 6.07 Å². The number of hydrogen-bond donors (Lipinski definition) is 2. The van der Waals surface area contributed by atoms with Gasteiger partial charge in [0.05, 0.1) is 13.2 Å². The lowest BCUT2D eigenvalue weighted by molar-refractivity contribution is -0.120. The van der Waals surface area contributed by atoms with Crippen molar-refractivity contribution in [1.82, 2.24) is 15.1 Å². The number of nitrogens with zero attached hydrogens (tertiary/aromatic N) is 3. The molecule has 2 aromatic rings. The predicted molar refractivity (Wildman–Crippen MR) is 135 cm³/mol. The van der Waals surface area contributed by atoms with Gasteiger partial charge in [0.2, 0.25) is 6.29 Å². The van der Waals surface area contributed by atoms with E-state index in [1.165, 1.54) is 24.1 Å². The standard InChI is InChI=1S/C26H34F2N4O6/c1-26(2,3)23(35-4)38-20-12-16(37-24(27)28)7-8-18(20)21-17-9-11-36-14-19(17)22(31-30-21)29-15-6-5-10-32(13-15)25(33)34/h7-8,12,15,23-24H,5-6,9-11,13-14H2,1-4H3,(H,29,31)(H,33,34)/t15-,23?/m1/s1. The van der Waals surface area contributed by atoms with Crippen LogP contribution in [0.15, 0.2) is 18.2 Å². The van der Waals surface area contributed by atoms with Gasteiger partial charge in [-0.1, -0.05) is 20.8 Å². The lowest BCUT2D eigenvalue weighted by Crippen LogP contribution is -2.44. The second-order valence-corrected chi connectivity index (χ2v) is 10.5. The quantitative estimate of drug-likeness (QED) is 0.460. The van der Waals surface area contributed by atoms with Crippen molar-refractivity contribution < 1.29 is 37.6 Å². The average molecular weight is 537 g/mol. The molecule has 1 aromatic heterocycles. The Balaban J connectivity index is 1.72. The number of alkyl halides is 2. The monoisotopic (exact) mass is 536 g/mol. The van der Waals surface area contributed by atoms with Crippen LogP contribution in [0.2, 0.25) is 0 Å². The molecular weight excluding hydrogens is 502 g/mol. The first-order valence-electron chi connectivity index (χ1n) is 12.6. The fourth-order valence-electron chi connectivity index (χ4n) is 4.74. The number of aromatic nitrogens is 2. The first-order chi connectivity index (χ1) is 18.1. The number of rotatable bonds is 8. The number of benzene rings is 1. The molecule has 12 heteroatoms. The molecular formula is C26H34F2N4O6. The van der Waals surface area contributed by atoms with Crippen LogP contribution in [0, 0.1) is 5.41 Å². The van der Waals surface area contributed by atoms with Crippen LogP contribution in [0.3, 0.4) is 0 Å². The van der Waals surface area contributed by atoms with Gasteiger partial charge in [0.1, 0.15) is 17.2 Å². The van der Waals surface area contributed by atoms with Crippen LogP contribution in [-0.2, 0) is 22.5 Å². The van der Waals surface area contributed by atoms with Gasteiger partial charge < -0.3 is 34.3 Å². The maximum atomic E-state index is 13.0. The number of halogens is 2. The Morgan fingerprint density at radius 2 is 2.03 bits per heavy atom. The highest BCUT2D eigenvalue weighted by molar-refractivity contribution is 5.74. The van der Waals surface area contributed by atoms with Gasteiger partial charge in [-0.2, -0.15) is 8.78 Å². The molecule has 0 saturated carbocycles. The van der Waals surface area contributed by atoms with Gasteiger partial charge in [0.25, 0.3) is 0 Å². The second kappa shape index (κ2) is 11.6. The van der Waals surface area contributed by atoms with Crippen molar-refractivity contribution in [2.45, 2.75) is 65.6 Å². The molecule has 1 fully saturated rings. The Labute approximate surface area is 220 Å². The van der Waals surface area contributed by atoms with Crippen LogP contribution < -0.4 is 14.8 Å². The van der Waals surface area contributed by atoms with Crippen molar-refractivity contribution in [3.05, 3.63) is 29.3 Å². The third kappa shape index (κ3) is 6.41. The summed E-state index contributed by atoms with van der Waals surface area (Å²) in [5, 5.41) is 21.7. The molecule has 2 aliphatic heterocycles. The molecule has 1 amide bonds. The van der Waals surface area contributed by atoms with E-state index >= 15 is 0 Å². The van der Waals surface area contributed by atoms with E-state index in [4.69, 9.17) is 14.2 Å². The highest BCUT2D eigenvalue weighted by atomic mass is 19.3. The van der Waals surface area contributed by atoms with E-state index < -0.39 is 24.4 Å². The molecule has 2 N–H and O–H groups in total. The van der Waals surface area contributed by atoms with Crippen molar-refractivity contribution in [3.63, 3.8) is 0 Å². The molecule has 0 spiro atoms. The summed E-state index contributed by atoms with van der Waals surface area (Å²) in [5.41, 5.74) is 2.42. The van der Waals surface area contributed by atoms with Crippen LogP contribution in [0.5, 0.6) is 11.5 Å². The number of nitrogens with one attached hydrogen (secondary N) is 1. The van der Waals surface area contributed by atoms with Crippen molar-refractivity contribution >= 4 is 11.9 Å². The molecule has 0 aliphatic carbocycles. The first-order valence-corrected chi connectivity index (χ1v) is 12.6. The normalized spacial score (nSPS) is 18.6. The molecule has 3 heterocycles. The van der Waals surface area contributed by atoms with Gasteiger partial charge in [-0.15, -0.1) is 10.2 Å². The molecule has 208 valence electrons. The van der Waals surface area contributed by atoms with Crippen LogP contribution in [0.25, 0.3) is 11.3 Å². The van der Waals surface area contributed by atoms with Crippen molar-refractivity contribution in [2.24, 2.45) is 5.41 Å². The molecule has 1 unspecified atom stereocenters.